The second-order valence-corrected chi connectivity index (χ2v) is 6.69. The lowest BCUT2D eigenvalue weighted by Gasteiger charge is -2.06. The minimum Gasteiger partial charge on any atom is -0.466 e. The fourth-order valence-electron chi connectivity index (χ4n) is 2.70. The summed E-state index contributed by atoms with van der Waals surface area (Å²) in [5.41, 5.74) is 0. The van der Waals surface area contributed by atoms with Crippen LogP contribution in [-0.2, 0) is 14.3 Å². The maximum Gasteiger partial charge on any atom is 0.311 e. The van der Waals surface area contributed by atoms with E-state index >= 15 is 0 Å². The normalized spacial score (nSPS) is 10.5. The van der Waals surface area contributed by atoms with Gasteiger partial charge in [-0.3, -0.25) is 9.59 Å². The van der Waals surface area contributed by atoms with Gasteiger partial charge in [-0.25, -0.2) is 0 Å². The fraction of sp³-hybridized carbons (Fsp3) is 0.636. The number of para-hydroxylation sites is 1. The molecule has 146 valence electrons. The topological polar surface area (TPSA) is 52.6 Å². The van der Waals surface area contributed by atoms with Gasteiger partial charge in [-0.15, -0.1) is 0 Å². The average Bonchev–Trinajstić information content (AvgIpc) is 2.65. The van der Waals surface area contributed by atoms with Gasteiger partial charge in [-0.05, 0) is 31.4 Å². The molecule has 1 aromatic rings. The highest BCUT2D eigenvalue weighted by Crippen LogP contribution is 2.11. The molecule has 0 bridgehead atoms. The summed E-state index contributed by atoms with van der Waals surface area (Å²) in [5.74, 6) is 0.134. The molecule has 4 nitrogen and oxygen atoms in total. The smallest absolute Gasteiger partial charge is 0.311 e. The highest BCUT2D eigenvalue weighted by molar-refractivity contribution is 5.72. The van der Waals surface area contributed by atoms with Gasteiger partial charge in [0, 0.05) is 12.8 Å². The number of hydrogen-bond donors (Lipinski definition) is 0. The zero-order valence-electron chi connectivity index (χ0n) is 16.2. The Morgan fingerprint density at radius 2 is 1.31 bits per heavy atom. The monoisotopic (exact) mass is 362 g/mol. The predicted octanol–water partition coefficient (Wildman–Crippen LogP) is 5.84. The molecule has 0 aromatic heterocycles. The third-order valence-electron chi connectivity index (χ3n) is 4.25. The molecule has 0 aliphatic rings. The van der Waals surface area contributed by atoms with E-state index in [4.69, 9.17) is 9.47 Å². The van der Waals surface area contributed by atoms with Crippen molar-refractivity contribution in [1.82, 2.24) is 0 Å². The van der Waals surface area contributed by atoms with Crippen molar-refractivity contribution in [2.45, 2.75) is 84.0 Å². The number of benzene rings is 1. The van der Waals surface area contributed by atoms with Crippen LogP contribution in [0.5, 0.6) is 5.75 Å². The van der Waals surface area contributed by atoms with Crippen molar-refractivity contribution >= 4 is 11.9 Å². The van der Waals surface area contributed by atoms with Gasteiger partial charge in [-0.2, -0.15) is 0 Å². The van der Waals surface area contributed by atoms with Crippen LogP contribution in [0.4, 0.5) is 0 Å². The largest absolute Gasteiger partial charge is 0.466 e. The van der Waals surface area contributed by atoms with E-state index in [-0.39, 0.29) is 11.9 Å². The van der Waals surface area contributed by atoms with Gasteiger partial charge in [-0.1, -0.05) is 70.1 Å². The van der Waals surface area contributed by atoms with Crippen LogP contribution in [0.25, 0.3) is 0 Å². The summed E-state index contributed by atoms with van der Waals surface area (Å²) in [6.45, 7) is 2.74. The van der Waals surface area contributed by atoms with Crippen LogP contribution in [-0.4, -0.2) is 18.5 Å². The molecular formula is C22H34O4. The first-order valence-electron chi connectivity index (χ1n) is 10.1. The van der Waals surface area contributed by atoms with Crippen molar-refractivity contribution in [3.63, 3.8) is 0 Å². The summed E-state index contributed by atoms with van der Waals surface area (Å²) in [7, 11) is 0. The molecular weight excluding hydrogens is 328 g/mol. The molecule has 0 aliphatic heterocycles. The van der Waals surface area contributed by atoms with E-state index in [2.05, 4.69) is 6.92 Å². The number of carbonyl (C=O) groups is 2. The van der Waals surface area contributed by atoms with E-state index in [9.17, 15) is 9.59 Å². The first-order valence-corrected chi connectivity index (χ1v) is 10.1. The Kier molecular flexibility index (Phi) is 13.2. The van der Waals surface area contributed by atoms with E-state index in [1.165, 1.54) is 38.5 Å². The molecule has 0 fully saturated rings. The predicted molar refractivity (Wildman–Crippen MR) is 104 cm³/mol. The summed E-state index contributed by atoms with van der Waals surface area (Å²) < 4.78 is 10.4. The lowest BCUT2D eigenvalue weighted by Crippen LogP contribution is -2.09. The summed E-state index contributed by atoms with van der Waals surface area (Å²) in [5, 5.41) is 0. The standard InChI is InChI=1S/C22H34O4/c1-2-3-4-5-6-7-8-14-19-25-21(23)17-12-13-18-22(24)26-20-15-10-9-11-16-20/h9-11,15-16H,2-8,12-14,17-19H2,1H3. The molecule has 1 rings (SSSR count). The zero-order valence-corrected chi connectivity index (χ0v) is 16.2. The van der Waals surface area contributed by atoms with Gasteiger partial charge in [0.2, 0.25) is 0 Å². The summed E-state index contributed by atoms with van der Waals surface area (Å²) in [6, 6.07) is 9.02. The molecule has 0 radical (unpaired) electrons. The number of unbranched alkanes of at least 4 members (excludes halogenated alkanes) is 8. The van der Waals surface area contributed by atoms with Crippen molar-refractivity contribution in [2.24, 2.45) is 0 Å². The first kappa shape index (κ1) is 22.2. The van der Waals surface area contributed by atoms with Crippen molar-refractivity contribution in [3.8, 4) is 5.75 Å². The number of hydrogen-bond acceptors (Lipinski definition) is 4. The van der Waals surface area contributed by atoms with Gasteiger partial charge in [0.15, 0.2) is 0 Å². The van der Waals surface area contributed by atoms with Crippen LogP contribution in [0, 0.1) is 0 Å². The highest BCUT2D eigenvalue weighted by Gasteiger charge is 2.07. The van der Waals surface area contributed by atoms with E-state index in [0.29, 0.717) is 38.0 Å². The Bertz CT molecular complexity index is 484. The Hall–Kier alpha value is -1.84. The SMILES string of the molecule is CCCCCCCCCCOC(=O)CCCCC(=O)Oc1ccccc1. The van der Waals surface area contributed by atoms with Crippen LogP contribution in [0.1, 0.15) is 84.0 Å². The molecule has 0 heterocycles. The highest BCUT2D eigenvalue weighted by atomic mass is 16.5. The molecule has 0 spiro atoms. The molecule has 0 amide bonds. The maximum absolute atomic E-state index is 11.7. The Labute approximate surface area is 158 Å². The minimum atomic E-state index is -0.261. The number of ether oxygens (including phenoxy) is 2. The summed E-state index contributed by atoms with van der Waals surface area (Å²) in [4.78, 5) is 23.3. The number of esters is 2. The van der Waals surface area contributed by atoms with Gasteiger partial charge >= 0.3 is 11.9 Å². The van der Waals surface area contributed by atoms with Crippen molar-refractivity contribution in [1.29, 1.82) is 0 Å². The van der Waals surface area contributed by atoms with Crippen LogP contribution < -0.4 is 4.74 Å². The second-order valence-electron chi connectivity index (χ2n) is 6.69. The minimum absolute atomic E-state index is 0.163. The second kappa shape index (κ2) is 15.4. The Morgan fingerprint density at radius 3 is 1.96 bits per heavy atom. The van der Waals surface area contributed by atoms with Gasteiger partial charge in [0.1, 0.15) is 5.75 Å². The lowest BCUT2D eigenvalue weighted by atomic mass is 10.1. The Balaban J connectivity index is 1.90. The van der Waals surface area contributed by atoms with E-state index < -0.39 is 0 Å². The molecule has 0 aliphatic carbocycles. The summed E-state index contributed by atoms with van der Waals surface area (Å²) >= 11 is 0. The third-order valence-corrected chi connectivity index (χ3v) is 4.25. The van der Waals surface area contributed by atoms with Crippen LogP contribution in [0.15, 0.2) is 30.3 Å². The average molecular weight is 363 g/mol. The van der Waals surface area contributed by atoms with Gasteiger partial charge < -0.3 is 9.47 Å². The van der Waals surface area contributed by atoms with Crippen LogP contribution in [0.2, 0.25) is 0 Å². The molecule has 0 atom stereocenters. The molecule has 4 heteroatoms. The molecule has 0 saturated carbocycles. The summed E-state index contributed by atoms with van der Waals surface area (Å²) in [6.07, 6.45) is 11.8. The fourth-order valence-corrected chi connectivity index (χ4v) is 2.70. The van der Waals surface area contributed by atoms with Gasteiger partial charge in [0.25, 0.3) is 0 Å². The van der Waals surface area contributed by atoms with Crippen LogP contribution in [0.3, 0.4) is 0 Å². The molecule has 26 heavy (non-hydrogen) atoms. The van der Waals surface area contributed by atoms with Crippen LogP contribution >= 0.6 is 0 Å². The quantitative estimate of drug-likeness (QED) is 0.223. The maximum atomic E-state index is 11.7. The number of carbonyl (C=O) groups excluding carboxylic acids is 2. The van der Waals surface area contributed by atoms with E-state index in [0.717, 1.165) is 12.8 Å². The third kappa shape index (κ3) is 12.5. The first-order chi connectivity index (χ1) is 12.7. The molecule has 0 saturated heterocycles. The molecule has 1 aromatic carbocycles. The van der Waals surface area contributed by atoms with E-state index in [1.54, 1.807) is 12.1 Å². The van der Waals surface area contributed by atoms with Gasteiger partial charge in [0.05, 0.1) is 6.61 Å². The lowest BCUT2D eigenvalue weighted by molar-refractivity contribution is -0.144. The van der Waals surface area contributed by atoms with Crippen molar-refractivity contribution < 1.29 is 19.1 Å². The van der Waals surface area contributed by atoms with E-state index in [1.807, 2.05) is 18.2 Å². The zero-order chi connectivity index (χ0) is 18.9. The number of rotatable bonds is 15. The molecule has 0 unspecified atom stereocenters. The molecule has 0 N–H and O–H groups in total. The van der Waals surface area contributed by atoms with Crippen molar-refractivity contribution in [2.75, 3.05) is 6.61 Å². The Morgan fingerprint density at radius 1 is 0.731 bits per heavy atom. The van der Waals surface area contributed by atoms with Crippen molar-refractivity contribution in [3.05, 3.63) is 30.3 Å².